The molecule has 0 N–H and O–H groups in total. The molecule has 4 nitrogen and oxygen atoms in total. The number of thiophene rings is 1. The fraction of sp³-hybridized carbons (Fsp3) is 0.421. The molecular formula is C19H23NO3S. The molecule has 1 unspecified atom stereocenters. The first-order valence-electron chi connectivity index (χ1n) is 8.23. The average Bonchev–Trinajstić information content (AvgIpc) is 3.04. The van der Waals surface area contributed by atoms with Crippen LogP contribution in [-0.4, -0.2) is 30.6 Å². The number of hydrogen-bond donors (Lipinski definition) is 0. The summed E-state index contributed by atoms with van der Waals surface area (Å²) in [5.41, 5.74) is 1.90. The second-order valence-electron chi connectivity index (χ2n) is 6.26. The number of carbonyl (C=O) groups is 1. The van der Waals surface area contributed by atoms with Crippen LogP contribution in [0.2, 0.25) is 0 Å². The molecule has 2 aromatic rings. The van der Waals surface area contributed by atoms with E-state index in [1.165, 1.54) is 10.4 Å². The molecular weight excluding hydrogens is 322 g/mol. The normalized spacial score (nSPS) is 16.9. The van der Waals surface area contributed by atoms with Gasteiger partial charge in [0.15, 0.2) is 11.5 Å². The zero-order chi connectivity index (χ0) is 17.3. The Morgan fingerprint density at radius 3 is 2.79 bits per heavy atom. The fourth-order valence-corrected chi connectivity index (χ4v) is 4.07. The average molecular weight is 345 g/mol. The number of fused-ring (bicyclic) bond motifs is 1. The standard InChI is InChI=1S/C19H23NO3S/c1-12(2)23-16-6-5-14(11-17(16)22-4)19(21)20-9-7-18-15(13(20)3)8-10-24-18/h5-6,8,10-13H,7,9H2,1-4H3. The maximum absolute atomic E-state index is 13.0. The zero-order valence-electron chi connectivity index (χ0n) is 14.5. The van der Waals surface area contributed by atoms with Crippen LogP contribution in [0.1, 0.15) is 47.6 Å². The van der Waals surface area contributed by atoms with E-state index in [0.29, 0.717) is 17.1 Å². The van der Waals surface area contributed by atoms with Crippen LogP contribution in [0.5, 0.6) is 11.5 Å². The highest BCUT2D eigenvalue weighted by Gasteiger charge is 2.29. The van der Waals surface area contributed by atoms with Gasteiger partial charge in [0.05, 0.1) is 19.3 Å². The number of nitrogens with zero attached hydrogens (tertiary/aromatic N) is 1. The molecule has 0 saturated heterocycles. The summed E-state index contributed by atoms with van der Waals surface area (Å²) in [4.78, 5) is 16.3. The molecule has 0 radical (unpaired) electrons. The van der Waals surface area contributed by atoms with Crippen molar-refractivity contribution in [1.82, 2.24) is 4.90 Å². The maximum Gasteiger partial charge on any atom is 0.254 e. The van der Waals surface area contributed by atoms with Gasteiger partial charge in [0.1, 0.15) is 0 Å². The lowest BCUT2D eigenvalue weighted by atomic mass is 10.00. The molecule has 0 spiro atoms. The van der Waals surface area contributed by atoms with Crippen LogP contribution in [-0.2, 0) is 6.42 Å². The van der Waals surface area contributed by atoms with Gasteiger partial charge in [-0.1, -0.05) is 0 Å². The van der Waals surface area contributed by atoms with Gasteiger partial charge in [0.2, 0.25) is 0 Å². The molecule has 1 amide bonds. The SMILES string of the molecule is COc1cc(C(=O)N2CCc3sccc3C2C)ccc1OC(C)C. The molecule has 1 aromatic heterocycles. The van der Waals surface area contributed by atoms with Crippen molar-refractivity contribution >= 4 is 17.2 Å². The van der Waals surface area contributed by atoms with E-state index in [2.05, 4.69) is 18.4 Å². The molecule has 0 aliphatic carbocycles. The van der Waals surface area contributed by atoms with Gasteiger partial charge >= 0.3 is 0 Å². The Hall–Kier alpha value is -2.01. The molecule has 0 saturated carbocycles. The summed E-state index contributed by atoms with van der Waals surface area (Å²) in [6, 6.07) is 7.64. The van der Waals surface area contributed by atoms with Gasteiger partial charge in [-0.15, -0.1) is 11.3 Å². The summed E-state index contributed by atoms with van der Waals surface area (Å²) < 4.78 is 11.1. The van der Waals surface area contributed by atoms with Gasteiger partial charge in [-0.2, -0.15) is 0 Å². The van der Waals surface area contributed by atoms with Crippen molar-refractivity contribution in [2.24, 2.45) is 0 Å². The van der Waals surface area contributed by atoms with Crippen LogP contribution in [0.4, 0.5) is 0 Å². The third-order valence-electron chi connectivity index (χ3n) is 4.31. The van der Waals surface area contributed by atoms with Crippen molar-refractivity contribution in [1.29, 1.82) is 0 Å². The summed E-state index contributed by atoms with van der Waals surface area (Å²) in [6.45, 7) is 6.77. The fourth-order valence-electron chi connectivity index (χ4n) is 3.10. The topological polar surface area (TPSA) is 38.8 Å². The summed E-state index contributed by atoms with van der Waals surface area (Å²) >= 11 is 1.78. The molecule has 128 valence electrons. The number of hydrogen-bond acceptors (Lipinski definition) is 4. The molecule has 24 heavy (non-hydrogen) atoms. The van der Waals surface area contributed by atoms with Crippen molar-refractivity contribution < 1.29 is 14.3 Å². The Labute approximate surface area is 147 Å². The highest BCUT2D eigenvalue weighted by atomic mass is 32.1. The van der Waals surface area contributed by atoms with E-state index in [-0.39, 0.29) is 18.1 Å². The monoisotopic (exact) mass is 345 g/mol. The minimum Gasteiger partial charge on any atom is -0.493 e. The molecule has 1 aromatic carbocycles. The lowest BCUT2D eigenvalue weighted by Gasteiger charge is -2.33. The molecule has 1 aliphatic heterocycles. The third kappa shape index (κ3) is 3.13. The van der Waals surface area contributed by atoms with Crippen LogP contribution in [0.25, 0.3) is 0 Å². The summed E-state index contributed by atoms with van der Waals surface area (Å²) in [6.07, 6.45) is 0.981. The van der Waals surface area contributed by atoms with Gasteiger partial charge in [-0.25, -0.2) is 0 Å². The quantitative estimate of drug-likeness (QED) is 0.829. The highest BCUT2D eigenvalue weighted by Crippen LogP contribution is 2.35. The van der Waals surface area contributed by atoms with Crippen LogP contribution < -0.4 is 9.47 Å². The summed E-state index contributed by atoms with van der Waals surface area (Å²) in [5.74, 6) is 1.29. The Kier molecular flexibility index (Phi) is 4.81. The highest BCUT2D eigenvalue weighted by molar-refractivity contribution is 7.10. The Bertz CT molecular complexity index is 738. The van der Waals surface area contributed by atoms with Crippen molar-refractivity contribution in [3.63, 3.8) is 0 Å². The lowest BCUT2D eigenvalue weighted by molar-refractivity contribution is 0.0679. The number of benzene rings is 1. The van der Waals surface area contributed by atoms with Gasteiger partial charge in [-0.05, 0) is 62.4 Å². The molecule has 2 heterocycles. The molecule has 5 heteroatoms. The molecule has 3 rings (SSSR count). The van der Waals surface area contributed by atoms with E-state index in [0.717, 1.165) is 13.0 Å². The van der Waals surface area contributed by atoms with Crippen LogP contribution in [0.3, 0.4) is 0 Å². The van der Waals surface area contributed by atoms with E-state index in [1.807, 2.05) is 30.9 Å². The van der Waals surface area contributed by atoms with E-state index >= 15 is 0 Å². The van der Waals surface area contributed by atoms with Crippen molar-refractivity contribution in [2.45, 2.75) is 39.3 Å². The minimum absolute atomic E-state index is 0.0359. The minimum atomic E-state index is 0.0359. The van der Waals surface area contributed by atoms with Gasteiger partial charge in [-0.3, -0.25) is 4.79 Å². The Morgan fingerprint density at radius 2 is 2.08 bits per heavy atom. The van der Waals surface area contributed by atoms with Crippen molar-refractivity contribution in [3.05, 3.63) is 45.6 Å². The predicted molar refractivity (Wildman–Crippen MR) is 96.2 cm³/mol. The smallest absolute Gasteiger partial charge is 0.254 e. The number of methoxy groups -OCH3 is 1. The number of ether oxygens (including phenoxy) is 2. The summed E-state index contributed by atoms with van der Waals surface area (Å²) in [5, 5.41) is 2.11. The maximum atomic E-state index is 13.0. The second-order valence-corrected chi connectivity index (χ2v) is 7.26. The predicted octanol–water partition coefficient (Wildman–Crippen LogP) is 4.30. The van der Waals surface area contributed by atoms with E-state index < -0.39 is 0 Å². The zero-order valence-corrected chi connectivity index (χ0v) is 15.4. The molecule has 1 aliphatic rings. The Morgan fingerprint density at radius 1 is 1.29 bits per heavy atom. The first-order valence-corrected chi connectivity index (χ1v) is 9.11. The van der Waals surface area contributed by atoms with Crippen molar-refractivity contribution in [2.75, 3.05) is 13.7 Å². The molecule has 1 atom stereocenters. The largest absolute Gasteiger partial charge is 0.493 e. The van der Waals surface area contributed by atoms with Crippen LogP contribution in [0, 0.1) is 0 Å². The lowest BCUT2D eigenvalue weighted by Crippen LogP contribution is -2.38. The molecule has 0 fully saturated rings. The van der Waals surface area contributed by atoms with E-state index in [1.54, 1.807) is 24.5 Å². The number of rotatable bonds is 4. The van der Waals surface area contributed by atoms with Gasteiger partial charge in [0, 0.05) is 17.0 Å². The van der Waals surface area contributed by atoms with Crippen molar-refractivity contribution in [3.8, 4) is 11.5 Å². The first-order chi connectivity index (χ1) is 11.5. The second kappa shape index (κ2) is 6.85. The Balaban J connectivity index is 1.85. The first kappa shape index (κ1) is 16.8. The van der Waals surface area contributed by atoms with E-state index in [4.69, 9.17) is 9.47 Å². The van der Waals surface area contributed by atoms with Crippen LogP contribution in [0.15, 0.2) is 29.6 Å². The molecule has 0 bridgehead atoms. The van der Waals surface area contributed by atoms with Gasteiger partial charge in [0.25, 0.3) is 5.91 Å². The third-order valence-corrected chi connectivity index (χ3v) is 5.31. The van der Waals surface area contributed by atoms with Gasteiger partial charge < -0.3 is 14.4 Å². The number of carbonyl (C=O) groups excluding carboxylic acids is 1. The number of amides is 1. The van der Waals surface area contributed by atoms with Crippen LogP contribution >= 0.6 is 11.3 Å². The van der Waals surface area contributed by atoms with E-state index in [9.17, 15) is 4.79 Å². The summed E-state index contributed by atoms with van der Waals surface area (Å²) in [7, 11) is 1.60.